The van der Waals surface area contributed by atoms with E-state index in [9.17, 15) is 4.79 Å². The van der Waals surface area contributed by atoms with Crippen LogP contribution in [0.2, 0.25) is 5.02 Å². The van der Waals surface area contributed by atoms with Crippen LogP contribution in [0.15, 0.2) is 38.1 Å². The van der Waals surface area contributed by atoms with Crippen LogP contribution >= 0.6 is 27.5 Å². The van der Waals surface area contributed by atoms with Gasteiger partial charge in [-0.25, -0.2) is 14.8 Å². The summed E-state index contributed by atoms with van der Waals surface area (Å²) in [7, 11) is 0. The second kappa shape index (κ2) is 6.69. The Morgan fingerprint density at radius 1 is 1.33 bits per heavy atom. The highest BCUT2D eigenvalue weighted by atomic mass is 79.9. The Bertz CT molecular complexity index is 1110. The molecule has 0 bridgehead atoms. The van der Waals surface area contributed by atoms with Crippen molar-refractivity contribution in [2.45, 2.75) is 38.3 Å². The molecule has 0 saturated heterocycles. The molecule has 0 radical (unpaired) electrons. The fourth-order valence-corrected chi connectivity index (χ4v) is 4.24. The van der Waals surface area contributed by atoms with Gasteiger partial charge in [0.2, 0.25) is 0 Å². The SMILES string of the molecule is O=c1oc2ccc(Br)cc2c(Cl)c1CN1CCc2nc(C3CC3)ncc2C1. The first-order chi connectivity index (χ1) is 13.1. The summed E-state index contributed by atoms with van der Waals surface area (Å²) >= 11 is 10.0. The van der Waals surface area contributed by atoms with Crippen LogP contribution in [0.4, 0.5) is 0 Å². The van der Waals surface area contributed by atoms with Crippen LogP contribution in [0, 0.1) is 0 Å². The maximum atomic E-state index is 12.5. The number of hydrogen-bond donors (Lipinski definition) is 0. The Kier molecular flexibility index (Phi) is 4.30. The molecule has 5 rings (SSSR count). The molecule has 3 heterocycles. The average Bonchev–Trinajstić information content (AvgIpc) is 3.51. The molecule has 2 aliphatic rings. The summed E-state index contributed by atoms with van der Waals surface area (Å²) in [6, 6.07) is 5.46. The number of benzene rings is 1. The van der Waals surface area contributed by atoms with E-state index in [4.69, 9.17) is 21.0 Å². The Balaban J connectivity index is 1.43. The number of nitrogens with zero attached hydrogens (tertiary/aromatic N) is 3. The van der Waals surface area contributed by atoms with Gasteiger partial charge in [0.15, 0.2) is 0 Å². The summed E-state index contributed by atoms with van der Waals surface area (Å²) in [5.41, 5.74) is 2.91. The molecule has 1 saturated carbocycles. The van der Waals surface area contributed by atoms with Crippen LogP contribution in [-0.4, -0.2) is 21.4 Å². The Morgan fingerprint density at radius 3 is 3.00 bits per heavy atom. The van der Waals surface area contributed by atoms with Crippen molar-refractivity contribution < 1.29 is 4.42 Å². The number of halogens is 2. The quantitative estimate of drug-likeness (QED) is 0.557. The van der Waals surface area contributed by atoms with Crippen LogP contribution in [-0.2, 0) is 19.5 Å². The van der Waals surface area contributed by atoms with Gasteiger partial charge in [0, 0.05) is 59.3 Å². The molecule has 1 fully saturated rings. The first kappa shape index (κ1) is 17.3. The van der Waals surface area contributed by atoms with Gasteiger partial charge in [-0.3, -0.25) is 4.90 Å². The average molecular weight is 447 g/mol. The van der Waals surface area contributed by atoms with Crippen molar-refractivity contribution in [2.75, 3.05) is 6.54 Å². The Hall–Kier alpha value is -1.76. The lowest BCUT2D eigenvalue weighted by Gasteiger charge is -2.28. The van der Waals surface area contributed by atoms with Crippen molar-refractivity contribution >= 4 is 38.5 Å². The van der Waals surface area contributed by atoms with E-state index in [1.54, 1.807) is 6.07 Å². The van der Waals surface area contributed by atoms with Gasteiger partial charge < -0.3 is 4.42 Å². The molecule has 138 valence electrons. The normalized spacial score (nSPS) is 17.3. The van der Waals surface area contributed by atoms with E-state index in [2.05, 4.69) is 25.8 Å². The summed E-state index contributed by atoms with van der Waals surface area (Å²) in [6.45, 7) is 2.00. The molecular weight excluding hydrogens is 430 g/mol. The molecule has 1 aliphatic carbocycles. The fourth-order valence-electron chi connectivity index (χ4n) is 3.60. The zero-order chi connectivity index (χ0) is 18.5. The molecule has 1 aromatic carbocycles. The van der Waals surface area contributed by atoms with Crippen molar-refractivity contribution in [1.82, 2.24) is 14.9 Å². The van der Waals surface area contributed by atoms with Crippen LogP contribution in [0.1, 0.15) is 41.4 Å². The van der Waals surface area contributed by atoms with Gasteiger partial charge in [-0.15, -0.1) is 0 Å². The summed E-state index contributed by atoms with van der Waals surface area (Å²) in [4.78, 5) is 24.0. The number of hydrogen-bond acceptors (Lipinski definition) is 5. The molecule has 27 heavy (non-hydrogen) atoms. The highest BCUT2D eigenvalue weighted by molar-refractivity contribution is 9.10. The number of rotatable bonds is 3. The van der Waals surface area contributed by atoms with Gasteiger partial charge in [0.25, 0.3) is 0 Å². The minimum absolute atomic E-state index is 0.374. The monoisotopic (exact) mass is 445 g/mol. The zero-order valence-electron chi connectivity index (χ0n) is 14.5. The lowest BCUT2D eigenvalue weighted by atomic mass is 10.1. The molecular formula is C20H17BrClN3O2. The van der Waals surface area contributed by atoms with Crippen LogP contribution in [0.3, 0.4) is 0 Å². The summed E-state index contributed by atoms with van der Waals surface area (Å²) < 4.78 is 6.37. The first-order valence-electron chi connectivity index (χ1n) is 9.06. The zero-order valence-corrected chi connectivity index (χ0v) is 16.9. The first-order valence-corrected chi connectivity index (χ1v) is 10.2. The van der Waals surface area contributed by atoms with Gasteiger partial charge in [-0.05, 0) is 31.0 Å². The second-order valence-corrected chi connectivity index (χ2v) is 8.55. The van der Waals surface area contributed by atoms with Crippen LogP contribution < -0.4 is 5.63 Å². The Labute approximate surface area is 169 Å². The van der Waals surface area contributed by atoms with Crippen molar-refractivity contribution in [3.05, 3.63) is 67.0 Å². The molecule has 0 amide bonds. The summed E-state index contributed by atoms with van der Waals surface area (Å²) in [6.07, 6.45) is 5.22. The lowest BCUT2D eigenvalue weighted by molar-refractivity contribution is 0.239. The molecule has 1 aliphatic heterocycles. The number of aromatic nitrogens is 2. The maximum Gasteiger partial charge on any atom is 0.342 e. The molecule has 7 heteroatoms. The van der Waals surface area contributed by atoms with Crippen molar-refractivity contribution in [3.8, 4) is 0 Å². The third-order valence-electron chi connectivity index (χ3n) is 5.25. The molecule has 2 aromatic heterocycles. The summed E-state index contributed by atoms with van der Waals surface area (Å²) in [5, 5.41) is 1.21. The molecule has 0 atom stereocenters. The lowest BCUT2D eigenvalue weighted by Crippen LogP contribution is -2.32. The van der Waals surface area contributed by atoms with E-state index in [1.807, 2.05) is 18.3 Å². The highest BCUT2D eigenvalue weighted by Gasteiger charge is 2.28. The van der Waals surface area contributed by atoms with E-state index in [0.717, 1.165) is 39.9 Å². The van der Waals surface area contributed by atoms with Crippen molar-refractivity contribution in [1.29, 1.82) is 0 Å². The predicted molar refractivity (Wildman–Crippen MR) is 107 cm³/mol. The van der Waals surface area contributed by atoms with E-state index in [0.29, 0.717) is 35.2 Å². The van der Waals surface area contributed by atoms with E-state index >= 15 is 0 Å². The van der Waals surface area contributed by atoms with Crippen LogP contribution in [0.5, 0.6) is 0 Å². The maximum absolute atomic E-state index is 12.5. The van der Waals surface area contributed by atoms with Crippen molar-refractivity contribution in [3.63, 3.8) is 0 Å². The minimum Gasteiger partial charge on any atom is -0.422 e. The van der Waals surface area contributed by atoms with Gasteiger partial charge in [-0.1, -0.05) is 27.5 Å². The second-order valence-electron chi connectivity index (χ2n) is 7.26. The smallest absolute Gasteiger partial charge is 0.342 e. The van der Waals surface area contributed by atoms with E-state index in [1.165, 1.54) is 12.8 Å². The highest BCUT2D eigenvalue weighted by Crippen LogP contribution is 2.38. The van der Waals surface area contributed by atoms with Gasteiger partial charge in [0.1, 0.15) is 11.4 Å². The fraction of sp³-hybridized carbons (Fsp3) is 0.350. The van der Waals surface area contributed by atoms with Gasteiger partial charge >= 0.3 is 5.63 Å². The standard InChI is InChI=1S/C20H17BrClN3O2/c21-13-3-4-17-14(7-13)18(22)15(20(26)27-17)10-25-6-5-16-12(9-25)8-23-19(24-16)11-1-2-11/h3-4,7-8,11H,1-2,5-6,9-10H2. The third kappa shape index (κ3) is 3.30. The predicted octanol–water partition coefficient (Wildman–Crippen LogP) is 4.43. The largest absolute Gasteiger partial charge is 0.422 e. The minimum atomic E-state index is -0.374. The van der Waals surface area contributed by atoms with Crippen LogP contribution in [0.25, 0.3) is 11.0 Å². The van der Waals surface area contributed by atoms with E-state index < -0.39 is 0 Å². The van der Waals surface area contributed by atoms with Gasteiger partial charge in [0.05, 0.1) is 10.6 Å². The van der Waals surface area contributed by atoms with Gasteiger partial charge in [-0.2, -0.15) is 0 Å². The molecule has 0 spiro atoms. The number of fused-ring (bicyclic) bond motifs is 2. The summed E-state index contributed by atoms with van der Waals surface area (Å²) in [5.74, 6) is 1.56. The molecule has 3 aromatic rings. The topological polar surface area (TPSA) is 59.2 Å². The molecule has 0 N–H and O–H groups in total. The van der Waals surface area contributed by atoms with E-state index in [-0.39, 0.29) is 5.63 Å². The molecule has 0 unspecified atom stereocenters. The van der Waals surface area contributed by atoms with Crippen molar-refractivity contribution in [2.24, 2.45) is 0 Å². The third-order valence-corrected chi connectivity index (χ3v) is 6.17. The molecule has 5 nitrogen and oxygen atoms in total. The Morgan fingerprint density at radius 2 is 2.19 bits per heavy atom.